The summed E-state index contributed by atoms with van der Waals surface area (Å²) in [5.74, 6) is 0.311. The normalized spacial score (nSPS) is 15.4. The first kappa shape index (κ1) is 17.7. The molecule has 0 bridgehead atoms. The molecule has 7 heteroatoms. The summed E-state index contributed by atoms with van der Waals surface area (Å²) < 4.78 is 5.40. The molecular formula is C18H23N3O3S. The van der Waals surface area contributed by atoms with E-state index in [-0.39, 0.29) is 5.69 Å². The highest BCUT2D eigenvalue weighted by molar-refractivity contribution is 7.10. The molecule has 134 valence electrons. The largest absolute Gasteiger partial charge is 0.487 e. The molecule has 0 spiro atoms. The van der Waals surface area contributed by atoms with Gasteiger partial charge in [-0.25, -0.2) is 0 Å². The average Bonchev–Trinajstić information content (AvgIpc) is 3.07. The Morgan fingerprint density at radius 3 is 3.04 bits per heavy atom. The van der Waals surface area contributed by atoms with Crippen LogP contribution in [0.5, 0.6) is 5.75 Å². The lowest BCUT2D eigenvalue weighted by Crippen LogP contribution is -2.40. The van der Waals surface area contributed by atoms with Crippen LogP contribution in [0.15, 0.2) is 29.6 Å². The van der Waals surface area contributed by atoms with E-state index < -0.39 is 4.92 Å². The maximum absolute atomic E-state index is 11.1. The lowest BCUT2D eigenvalue weighted by Gasteiger charge is -2.32. The van der Waals surface area contributed by atoms with Crippen LogP contribution in [-0.4, -0.2) is 35.6 Å². The van der Waals surface area contributed by atoms with Gasteiger partial charge in [-0.1, -0.05) is 0 Å². The maximum atomic E-state index is 11.1. The van der Waals surface area contributed by atoms with Crippen LogP contribution in [0.3, 0.4) is 0 Å². The molecule has 25 heavy (non-hydrogen) atoms. The van der Waals surface area contributed by atoms with E-state index >= 15 is 0 Å². The number of thiophene rings is 1. The zero-order chi connectivity index (χ0) is 17.8. The van der Waals surface area contributed by atoms with Crippen LogP contribution in [0.2, 0.25) is 0 Å². The SMILES string of the molecule is CCOc1cc(NCC(C)N2CCc3sccc3C2)ccc1[N+](=O)[O-]. The summed E-state index contributed by atoms with van der Waals surface area (Å²) in [4.78, 5) is 14.6. The van der Waals surface area contributed by atoms with Crippen LogP contribution in [0, 0.1) is 10.1 Å². The number of nitrogens with zero attached hydrogens (tertiary/aromatic N) is 2. The molecule has 2 heterocycles. The van der Waals surface area contributed by atoms with Gasteiger partial charge in [0.25, 0.3) is 0 Å². The minimum atomic E-state index is -0.413. The van der Waals surface area contributed by atoms with Crippen molar-refractivity contribution >= 4 is 22.7 Å². The van der Waals surface area contributed by atoms with Crippen molar-refractivity contribution in [2.24, 2.45) is 0 Å². The third-order valence-electron chi connectivity index (χ3n) is 4.52. The van der Waals surface area contributed by atoms with Crippen LogP contribution >= 0.6 is 11.3 Å². The summed E-state index contributed by atoms with van der Waals surface area (Å²) in [7, 11) is 0. The van der Waals surface area contributed by atoms with E-state index in [1.807, 2.05) is 18.3 Å². The number of fused-ring (bicyclic) bond motifs is 1. The Balaban J connectivity index is 1.61. The van der Waals surface area contributed by atoms with Gasteiger partial charge in [-0.05, 0) is 43.3 Å². The molecule has 0 aliphatic carbocycles. The van der Waals surface area contributed by atoms with Crippen molar-refractivity contribution in [1.29, 1.82) is 0 Å². The van der Waals surface area contributed by atoms with Crippen molar-refractivity contribution < 1.29 is 9.66 Å². The summed E-state index contributed by atoms with van der Waals surface area (Å²) in [5.41, 5.74) is 2.28. The van der Waals surface area contributed by atoms with E-state index in [0.29, 0.717) is 18.4 Å². The molecule has 3 rings (SSSR count). The van der Waals surface area contributed by atoms with Gasteiger partial charge in [0.2, 0.25) is 0 Å². The van der Waals surface area contributed by atoms with Gasteiger partial charge in [0.1, 0.15) is 0 Å². The van der Waals surface area contributed by atoms with Crippen molar-refractivity contribution in [3.63, 3.8) is 0 Å². The minimum Gasteiger partial charge on any atom is -0.487 e. The van der Waals surface area contributed by atoms with Crippen LogP contribution in [0.4, 0.5) is 11.4 Å². The van der Waals surface area contributed by atoms with Crippen molar-refractivity contribution in [2.45, 2.75) is 32.9 Å². The number of anilines is 1. The quantitative estimate of drug-likeness (QED) is 0.598. The molecule has 1 aromatic heterocycles. The number of hydrogen-bond donors (Lipinski definition) is 1. The molecule has 0 amide bonds. The zero-order valence-corrected chi connectivity index (χ0v) is 15.3. The second kappa shape index (κ2) is 7.84. The van der Waals surface area contributed by atoms with E-state index in [1.54, 1.807) is 12.1 Å². The highest BCUT2D eigenvalue weighted by Crippen LogP contribution is 2.30. The topological polar surface area (TPSA) is 67.6 Å². The van der Waals surface area contributed by atoms with Crippen LogP contribution in [-0.2, 0) is 13.0 Å². The van der Waals surface area contributed by atoms with Gasteiger partial charge >= 0.3 is 5.69 Å². The number of nitro benzene ring substituents is 1. The predicted octanol–water partition coefficient (Wildman–Crippen LogP) is 3.91. The molecule has 1 atom stereocenters. The van der Waals surface area contributed by atoms with Crippen LogP contribution < -0.4 is 10.1 Å². The number of rotatable bonds is 7. The summed E-state index contributed by atoms with van der Waals surface area (Å²) >= 11 is 1.85. The molecular weight excluding hydrogens is 338 g/mol. The molecule has 6 nitrogen and oxygen atoms in total. The van der Waals surface area contributed by atoms with Gasteiger partial charge < -0.3 is 10.1 Å². The molecule has 0 radical (unpaired) electrons. The Kier molecular flexibility index (Phi) is 5.55. The lowest BCUT2D eigenvalue weighted by atomic mass is 10.1. The molecule has 0 saturated carbocycles. The Morgan fingerprint density at radius 2 is 2.28 bits per heavy atom. The molecule has 1 unspecified atom stereocenters. The van der Waals surface area contributed by atoms with E-state index in [9.17, 15) is 10.1 Å². The fraction of sp³-hybridized carbons (Fsp3) is 0.444. The molecule has 0 saturated heterocycles. The maximum Gasteiger partial charge on any atom is 0.311 e. The number of hydrogen-bond acceptors (Lipinski definition) is 6. The standard InChI is InChI=1S/C18H23N3O3S/c1-3-24-17-10-15(4-5-16(17)21(22)23)19-11-13(2)20-8-6-18-14(12-20)7-9-25-18/h4-5,7,9-10,13,19H,3,6,8,11-12H2,1-2H3. The summed E-state index contributed by atoms with van der Waals surface area (Å²) in [6.45, 7) is 7.27. The highest BCUT2D eigenvalue weighted by Gasteiger charge is 2.21. The fourth-order valence-electron chi connectivity index (χ4n) is 3.09. The smallest absolute Gasteiger partial charge is 0.311 e. The van der Waals surface area contributed by atoms with E-state index in [0.717, 1.165) is 31.7 Å². The number of nitrogens with one attached hydrogen (secondary N) is 1. The van der Waals surface area contributed by atoms with Crippen molar-refractivity contribution in [2.75, 3.05) is 25.0 Å². The Morgan fingerprint density at radius 1 is 1.44 bits per heavy atom. The lowest BCUT2D eigenvalue weighted by molar-refractivity contribution is -0.385. The monoisotopic (exact) mass is 361 g/mol. The number of nitro groups is 1. The molecule has 1 aromatic carbocycles. The summed E-state index contributed by atoms with van der Waals surface area (Å²) in [6, 6.07) is 7.54. The van der Waals surface area contributed by atoms with Gasteiger partial charge in [0.15, 0.2) is 5.75 Å². The Hall–Kier alpha value is -2.12. The molecule has 1 aliphatic heterocycles. The summed E-state index contributed by atoms with van der Waals surface area (Å²) in [6.07, 6.45) is 1.11. The first-order chi connectivity index (χ1) is 12.1. The zero-order valence-electron chi connectivity index (χ0n) is 14.5. The van der Waals surface area contributed by atoms with Crippen molar-refractivity contribution in [1.82, 2.24) is 4.90 Å². The minimum absolute atomic E-state index is 0.00136. The predicted molar refractivity (Wildman–Crippen MR) is 101 cm³/mol. The highest BCUT2D eigenvalue weighted by atomic mass is 32.1. The van der Waals surface area contributed by atoms with Crippen LogP contribution in [0.1, 0.15) is 24.3 Å². The fourth-order valence-corrected chi connectivity index (χ4v) is 3.98. The molecule has 1 aliphatic rings. The second-order valence-corrected chi connectivity index (χ2v) is 7.19. The Labute approximate surface area is 151 Å². The van der Waals surface area contributed by atoms with E-state index in [1.165, 1.54) is 16.5 Å². The van der Waals surface area contributed by atoms with Gasteiger partial charge in [-0.15, -0.1) is 11.3 Å². The van der Waals surface area contributed by atoms with Crippen molar-refractivity contribution in [3.8, 4) is 5.75 Å². The number of benzene rings is 1. The Bertz CT molecular complexity index is 747. The van der Waals surface area contributed by atoms with Gasteiger partial charge in [-0.3, -0.25) is 15.0 Å². The van der Waals surface area contributed by atoms with E-state index in [4.69, 9.17) is 4.74 Å². The third-order valence-corrected chi connectivity index (χ3v) is 5.54. The second-order valence-electron chi connectivity index (χ2n) is 6.19. The molecule has 0 fully saturated rings. The summed E-state index contributed by atoms with van der Waals surface area (Å²) in [5, 5.41) is 16.6. The van der Waals surface area contributed by atoms with Crippen LogP contribution in [0.25, 0.3) is 0 Å². The van der Waals surface area contributed by atoms with Crippen molar-refractivity contribution in [3.05, 3.63) is 50.2 Å². The average molecular weight is 361 g/mol. The van der Waals surface area contributed by atoms with Gasteiger partial charge in [0.05, 0.1) is 11.5 Å². The molecule has 1 N–H and O–H groups in total. The first-order valence-electron chi connectivity index (χ1n) is 8.53. The van der Waals surface area contributed by atoms with Gasteiger partial charge in [-0.2, -0.15) is 0 Å². The van der Waals surface area contributed by atoms with E-state index in [2.05, 4.69) is 28.6 Å². The molecule has 2 aromatic rings. The first-order valence-corrected chi connectivity index (χ1v) is 9.41. The third kappa shape index (κ3) is 4.11. The number of ether oxygens (including phenoxy) is 1. The van der Waals surface area contributed by atoms with Gasteiger partial charge in [0, 0.05) is 48.4 Å².